The highest BCUT2D eigenvalue weighted by Gasteiger charge is 2.45. The van der Waals surface area contributed by atoms with E-state index in [1.807, 2.05) is 13.8 Å². The van der Waals surface area contributed by atoms with E-state index < -0.39 is 35.7 Å². The fraction of sp³-hybridized carbons (Fsp3) is 0.524. The molecule has 4 amide bonds. The third-order valence-electron chi connectivity index (χ3n) is 4.85. The normalized spacial score (nSPS) is 17.0. The van der Waals surface area contributed by atoms with E-state index >= 15 is 0 Å². The van der Waals surface area contributed by atoms with Crippen LogP contribution in [0.1, 0.15) is 39.2 Å². The van der Waals surface area contributed by atoms with E-state index in [0.29, 0.717) is 23.5 Å². The maximum absolute atomic E-state index is 12.7. The molecule has 1 aromatic carbocycles. The van der Waals surface area contributed by atoms with E-state index in [1.165, 1.54) is 14.2 Å². The van der Waals surface area contributed by atoms with Gasteiger partial charge in [-0.25, -0.2) is 4.79 Å². The number of urea groups is 1. The van der Waals surface area contributed by atoms with Crippen molar-refractivity contribution in [2.75, 3.05) is 14.2 Å². The largest absolute Gasteiger partial charge is 0.497 e. The summed E-state index contributed by atoms with van der Waals surface area (Å²) in [6.45, 7) is 5.58. The van der Waals surface area contributed by atoms with Crippen LogP contribution < -0.4 is 20.1 Å². The molecular formula is C21H29N3O6. The van der Waals surface area contributed by atoms with Gasteiger partial charge in [0.2, 0.25) is 5.78 Å². The molecule has 30 heavy (non-hydrogen) atoms. The van der Waals surface area contributed by atoms with Gasteiger partial charge in [0.05, 0.1) is 14.2 Å². The number of nitrogens with zero attached hydrogens (tertiary/aromatic N) is 1. The molecule has 2 atom stereocenters. The van der Waals surface area contributed by atoms with E-state index in [1.54, 1.807) is 25.1 Å². The number of benzene rings is 1. The van der Waals surface area contributed by atoms with Crippen LogP contribution in [0.25, 0.3) is 0 Å². The molecule has 0 radical (unpaired) electrons. The smallest absolute Gasteiger partial charge is 0.325 e. The van der Waals surface area contributed by atoms with Crippen LogP contribution in [0.4, 0.5) is 4.79 Å². The van der Waals surface area contributed by atoms with Crippen LogP contribution in [0, 0.1) is 5.92 Å². The Morgan fingerprint density at radius 2 is 1.73 bits per heavy atom. The quantitative estimate of drug-likeness (QED) is 0.440. The number of carbonyl (C=O) groups is 4. The summed E-state index contributed by atoms with van der Waals surface area (Å²) >= 11 is 0. The van der Waals surface area contributed by atoms with Gasteiger partial charge in [-0.15, -0.1) is 0 Å². The van der Waals surface area contributed by atoms with Crippen molar-refractivity contribution in [1.82, 2.24) is 15.5 Å². The van der Waals surface area contributed by atoms with Crippen LogP contribution in [-0.2, 0) is 20.9 Å². The molecule has 2 N–H and O–H groups in total. The highest BCUT2D eigenvalue weighted by molar-refractivity contribution is 6.39. The van der Waals surface area contributed by atoms with Crippen LogP contribution in [0.3, 0.4) is 0 Å². The fourth-order valence-corrected chi connectivity index (χ4v) is 3.35. The Bertz CT molecular complexity index is 801. The van der Waals surface area contributed by atoms with Gasteiger partial charge in [0.15, 0.2) is 0 Å². The fourth-order valence-electron chi connectivity index (χ4n) is 3.35. The van der Waals surface area contributed by atoms with Crippen molar-refractivity contribution in [2.45, 2.75) is 52.2 Å². The first kappa shape index (κ1) is 23.2. The summed E-state index contributed by atoms with van der Waals surface area (Å²) in [5, 5.41) is 5.15. The van der Waals surface area contributed by atoms with Gasteiger partial charge in [-0.3, -0.25) is 19.3 Å². The molecule has 0 saturated carbocycles. The molecule has 0 aliphatic carbocycles. The molecule has 1 aromatic rings. The second-order valence-corrected chi connectivity index (χ2v) is 7.53. The molecule has 1 aliphatic rings. The zero-order valence-electron chi connectivity index (χ0n) is 18.0. The third-order valence-corrected chi connectivity index (χ3v) is 4.85. The summed E-state index contributed by atoms with van der Waals surface area (Å²) in [4.78, 5) is 51.0. The third kappa shape index (κ3) is 5.28. The number of imide groups is 1. The topological polar surface area (TPSA) is 114 Å². The lowest BCUT2D eigenvalue weighted by Crippen LogP contribution is -2.50. The lowest BCUT2D eigenvalue weighted by Gasteiger charge is -2.22. The SMILES string of the molecule is CCC(C(=O)C(=O)NCc1cc(OC)cc(OC)c1)N1C(=O)N[C@@H](CC(C)C)C1=O. The first-order valence-electron chi connectivity index (χ1n) is 9.89. The van der Waals surface area contributed by atoms with Crippen LogP contribution in [0.5, 0.6) is 11.5 Å². The monoisotopic (exact) mass is 419 g/mol. The van der Waals surface area contributed by atoms with E-state index in [0.717, 1.165) is 4.90 Å². The Labute approximate surface area is 176 Å². The number of hydrogen-bond acceptors (Lipinski definition) is 6. The zero-order valence-corrected chi connectivity index (χ0v) is 18.0. The van der Waals surface area contributed by atoms with Gasteiger partial charge in [0, 0.05) is 12.6 Å². The van der Waals surface area contributed by atoms with Crippen molar-refractivity contribution in [3.05, 3.63) is 23.8 Å². The van der Waals surface area contributed by atoms with Crippen molar-refractivity contribution in [3.8, 4) is 11.5 Å². The predicted molar refractivity (Wildman–Crippen MR) is 109 cm³/mol. The summed E-state index contributed by atoms with van der Waals surface area (Å²) in [7, 11) is 3.02. The molecule has 0 spiro atoms. The summed E-state index contributed by atoms with van der Waals surface area (Å²) in [5.41, 5.74) is 0.674. The molecule has 1 unspecified atom stereocenters. The van der Waals surface area contributed by atoms with Crippen LogP contribution in [0.2, 0.25) is 0 Å². The van der Waals surface area contributed by atoms with Crippen molar-refractivity contribution >= 4 is 23.6 Å². The highest BCUT2D eigenvalue weighted by Crippen LogP contribution is 2.22. The second-order valence-electron chi connectivity index (χ2n) is 7.53. The number of ether oxygens (including phenoxy) is 2. The Morgan fingerprint density at radius 3 is 2.23 bits per heavy atom. The van der Waals surface area contributed by atoms with Gasteiger partial charge in [-0.2, -0.15) is 0 Å². The van der Waals surface area contributed by atoms with Crippen molar-refractivity contribution < 1.29 is 28.7 Å². The average molecular weight is 419 g/mol. The van der Waals surface area contributed by atoms with Crippen molar-refractivity contribution in [3.63, 3.8) is 0 Å². The summed E-state index contributed by atoms with van der Waals surface area (Å²) in [6, 6.07) is 2.64. The van der Waals surface area contributed by atoms with Gasteiger partial charge in [0.25, 0.3) is 11.8 Å². The standard InChI is InChI=1S/C21H29N3O6/c1-6-17(24-20(27)16(7-12(2)3)23-21(24)28)18(25)19(26)22-11-13-8-14(29-4)10-15(9-13)30-5/h8-10,12,16-17H,6-7,11H2,1-5H3,(H,22,26)(H,23,28)/t16-,17?/m0/s1. The Balaban J connectivity index is 2.08. The van der Waals surface area contributed by atoms with E-state index in [4.69, 9.17) is 9.47 Å². The number of carbonyl (C=O) groups excluding carboxylic acids is 4. The molecule has 2 rings (SSSR count). The summed E-state index contributed by atoms with van der Waals surface area (Å²) < 4.78 is 10.4. The summed E-state index contributed by atoms with van der Waals surface area (Å²) in [6.07, 6.45) is 0.613. The maximum atomic E-state index is 12.7. The number of methoxy groups -OCH3 is 2. The second kappa shape index (κ2) is 10.1. The first-order chi connectivity index (χ1) is 14.2. The van der Waals surface area contributed by atoms with Gasteiger partial charge in [-0.1, -0.05) is 20.8 Å². The predicted octanol–water partition coefficient (Wildman–Crippen LogP) is 1.63. The molecule has 9 heteroatoms. The molecule has 1 heterocycles. The number of amides is 4. The zero-order chi connectivity index (χ0) is 22.4. The van der Waals surface area contributed by atoms with Crippen molar-refractivity contribution in [1.29, 1.82) is 0 Å². The van der Waals surface area contributed by atoms with E-state index in [-0.39, 0.29) is 18.9 Å². The van der Waals surface area contributed by atoms with E-state index in [9.17, 15) is 19.2 Å². The molecule has 164 valence electrons. The molecular weight excluding hydrogens is 390 g/mol. The molecule has 1 saturated heterocycles. The van der Waals surface area contributed by atoms with Gasteiger partial charge >= 0.3 is 6.03 Å². The lowest BCUT2D eigenvalue weighted by atomic mass is 10.0. The minimum absolute atomic E-state index is 0.0602. The first-order valence-corrected chi connectivity index (χ1v) is 9.89. The molecule has 1 fully saturated rings. The van der Waals surface area contributed by atoms with Crippen LogP contribution in [-0.4, -0.2) is 54.8 Å². The Hall–Kier alpha value is -3.10. The number of rotatable bonds is 10. The van der Waals surface area contributed by atoms with Gasteiger partial charge in [-0.05, 0) is 36.5 Å². The summed E-state index contributed by atoms with van der Waals surface area (Å²) in [5.74, 6) is -0.881. The van der Waals surface area contributed by atoms with Gasteiger partial charge < -0.3 is 20.1 Å². The molecule has 9 nitrogen and oxygen atoms in total. The Morgan fingerprint density at radius 1 is 1.13 bits per heavy atom. The van der Waals surface area contributed by atoms with Gasteiger partial charge in [0.1, 0.15) is 23.6 Å². The maximum Gasteiger partial charge on any atom is 0.325 e. The minimum Gasteiger partial charge on any atom is -0.497 e. The lowest BCUT2D eigenvalue weighted by molar-refractivity contribution is -0.143. The van der Waals surface area contributed by atoms with Crippen LogP contribution in [0.15, 0.2) is 18.2 Å². The Kier molecular flexibility index (Phi) is 7.79. The average Bonchev–Trinajstić information content (AvgIpc) is 2.99. The molecule has 1 aliphatic heterocycles. The van der Waals surface area contributed by atoms with Crippen LogP contribution >= 0.6 is 0 Å². The number of ketones is 1. The highest BCUT2D eigenvalue weighted by atomic mass is 16.5. The number of Topliss-reactive ketones (excluding diaryl/α,β-unsaturated/α-hetero) is 1. The van der Waals surface area contributed by atoms with E-state index in [2.05, 4.69) is 10.6 Å². The minimum atomic E-state index is -1.14. The van der Waals surface area contributed by atoms with Crippen molar-refractivity contribution in [2.24, 2.45) is 5.92 Å². The number of hydrogen-bond donors (Lipinski definition) is 2. The molecule has 0 bridgehead atoms. The number of nitrogens with one attached hydrogen (secondary N) is 2. The molecule has 0 aromatic heterocycles.